The van der Waals surface area contributed by atoms with Crippen molar-refractivity contribution in [3.8, 4) is 0 Å². The lowest BCUT2D eigenvalue weighted by Crippen LogP contribution is -2.48. The molecule has 0 bridgehead atoms. The fraction of sp³-hybridized carbons (Fsp3) is 0.647. The third-order valence-corrected chi connectivity index (χ3v) is 4.58. The summed E-state index contributed by atoms with van der Waals surface area (Å²) in [4.78, 5) is 5.04. The van der Waals surface area contributed by atoms with Crippen molar-refractivity contribution in [2.45, 2.75) is 25.0 Å². The summed E-state index contributed by atoms with van der Waals surface area (Å²) in [5.74, 6) is 0. The lowest BCUT2D eigenvalue weighted by molar-refractivity contribution is 0.0232. The van der Waals surface area contributed by atoms with Crippen LogP contribution in [0.2, 0.25) is 0 Å². The van der Waals surface area contributed by atoms with E-state index in [0.717, 1.165) is 39.3 Å². The molecule has 0 aromatic heterocycles. The Kier molecular flexibility index (Phi) is 5.12. The average molecular weight is 289 g/mol. The Morgan fingerprint density at radius 2 is 1.76 bits per heavy atom. The highest BCUT2D eigenvalue weighted by Crippen LogP contribution is 2.21. The van der Waals surface area contributed by atoms with Crippen LogP contribution in [-0.4, -0.2) is 63.4 Å². The number of piperazine rings is 1. The van der Waals surface area contributed by atoms with Gasteiger partial charge in [0.1, 0.15) is 0 Å². The second kappa shape index (κ2) is 7.25. The summed E-state index contributed by atoms with van der Waals surface area (Å²) in [5, 5.41) is 3.21. The smallest absolute Gasteiger partial charge is 0.0707 e. The second-order valence-corrected chi connectivity index (χ2v) is 6.14. The Labute approximate surface area is 128 Å². The zero-order chi connectivity index (χ0) is 14.5. The van der Waals surface area contributed by atoms with E-state index in [1.54, 1.807) is 0 Å². The normalized spacial score (nSPS) is 27.2. The van der Waals surface area contributed by atoms with Gasteiger partial charge in [0.25, 0.3) is 0 Å². The molecule has 2 atom stereocenters. The zero-order valence-electron chi connectivity index (χ0n) is 13.0. The van der Waals surface area contributed by atoms with E-state index in [1.165, 1.54) is 18.5 Å². The van der Waals surface area contributed by atoms with Crippen LogP contribution in [-0.2, 0) is 4.74 Å². The molecule has 0 aliphatic carbocycles. The molecule has 0 amide bonds. The molecular formula is C17H27N3O. The van der Waals surface area contributed by atoms with Gasteiger partial charge in [-0.25, -0.2) is 0 Å². The molecule has 21 heavy (non-hydrogen) atoms. The summed E-state index contributed by atoms with van der Waals surface area (Å²) < 4.78 is 6.10. The molecule has 2 aliphatic rings. The van der Waals surface area contributed by atoms with Crippen LogP contribution in [0.15, 0.2) is 30.3 Å². The molecule has 1 aromatic carbocycles. The van der Waals surface area contributed by atoms with Crippen LogP contribution in [0.25, 0.3) is 0 Å². The third kappa shape index (κ3) is 3.96. The monoisotopic (exact) mass is 289 g/mol. The van der Waals surface area contributed by atoms with E-state index in [-0.39, 0.29) is 0 Å². The van der Waals surface area contributed by atoms with Crippen molar-refractivity contribution in [1.29, 1.82) is 0 Å². The van der Waals surface area contributed by atoms with Gasteiger partial charge in [0.2, 0.25) is 0 Å². The van der Waals surface area contributed by atoms with Crippen LogP contribution in [0, 0.1) is 0 Å². The van der Waals surface area contributed by atoms with Gasteiger partial charge in [-0.05, 0) is 32.0 Å². The van der Waals surface area contributed by atoms with Crippen LogP contribution in [0.5, 0.6) is 0 Å². The van der Waals surface area contributed by atoms with Crippen LogP contribution < -0.4 is 10.2 Å². The van der Waals surface area contributed by atoms with E-state index in [9.17, 15) is 0 Å². The van der Waals surface area contributed by atoms with Crippen LogP contribution >= 0.6 is 0 Å². The first-order chi connectivity index (χ1) is 10.3. The Morgan fingerprint density at radius 1 is 1.05 bits per heavy atom. The molecule has 1 aromatic rings. The number of rotatable bonds is 5. The lowest BCUT2D eigenvalue weighted by Gasteiger charge is -2.37. The van der Waals surface area contributed by atoms with E-state index in [2.05, 4.69) is 45.4 Å². The summed E-state index contributed by atoms with van der Waals surface area (Å²) in [6.45, 7) is 6.62. The molecule has 2 aliphatic heterocycles. The van der Waals surface area contributed by atoms with Gasteiger partial charge in [-0.3, -0.25) is 4.90 Å². The van der Waals surface area contributed by atoms with Gasteiger partial charge in [0.05, 0.1) is 12.2 Å². The maximum Gasteiger partial charge on any atom is 0.0707 e. The predicted molar refractivity (Wildman–Crippen MR) is 86.9 cm³/mol. The maximum atomic E-state index is 6.10. The van der Waals surface area contributed by atoms with E-state index >= 15 is 0 Å². The van der Waals surface area contributed by atoms with Gasteiger partial charge in [-0.2, -0.15) is 0 Å². The summed E-state index contributed by atoms with van der Waals surface area (Å²) in [6, 6.07) is 10.7. The SMILES string of the molecule is CNCC1CCC(CN2CCN(c3ccccc3)CC2)O1. The highest BCUT2D eigenvalue weighted by molar-refractivity contribution is 5.46. The molecular weight excluding hydrogens is 262 g/mol. The van der Waals surface area contributed by atoms with Crippen LogP contribution in [0.1, 0.15) is 12.8 Å². The number of benzene rings is 1. The number of nitrogens with zero attached hydrogens (tertiary/aromatic N) is 2. The van der Waals surface area contributed by atoms with E-state index in [0.29, 0.717) is 12.2 Å². The molecule has 1 N–H and O–H groups in total. The number of ether oxygens (including phenoxy) is 1. The van der Waals surface area contributed by atoms with Gasteiger partial charge in [-0.15, -0.1) is 0 Å². The molecule has 2 saturated heterocycles. The van der Waals surface area contributed by atoms with Gasteiger partial charge in [-0.1, -0.05) is 18.2 Å². The molecule has 4 heteroatoms. The first-order valence-electron chi connectivity index (χ1n) is 8.17. The third-order valence-electron chi connectivity index (χ3n) is 4.58. The minimum Gasteiger partial charge on any atom is -0.372 e. The number of anilines is 1. The Balaban J connectivity index is 1.42. The number of nitrogens with one attached hydrogen (secondary N) is 1. The number of para-hydroxylation sites is 1. The van der Waals surface area contributed by atoms with Crippen LogP contribution in [0.4, 0.5) is 5.69 Å². The van der Waals surface area contributed by atoms with Gasteiger partial charge < -0.3 is 15.0 Å². The molecule has 4 nitrogen and oxygen atoms in total. The maximum absolute atomic E-state index is 6.10. The van der Waals surface area contributed by atoms with Gasteiger partial charge in [0.15, 0.2) is 0 Å². The minimum atomic E-state index is 0.422. The van der Waals surface area contributed by atoms with E-state index in [4.69, 9.17) is 4.74 Å². The zero-order valence-corrected chi connectivity index (χ0v) is 13.0. The van der Waals surface area contributed by atoms with Crippen molar-refractivity contribution in [2.24, 2.45) is 0 Å². The fourth-order valence-electron chi connectivity index (χ4n) is 3.41. The molecule has 2 unspecified atom stereocenters. The quantitative estimate of drug-likeness (QED) is 0.890. The number of hydrogen-bond acceptors (Lipinski definition) is 4. The summed E-state index contributed by atoms with van der Waals surface area (Å²) in [5.41, 5.74) is 1.35. The molecule has 0 spiro atoms. The molecule has 3 rings (SSSR count). The highest BCUT2D eigenvalue weighted by Gasteiger charge is 2.27. The number of likely N-dealkylation sites (N-methyl/N-ethyl adjacent to an activating group) is 1. The van der Waals surface area contributed by atoms with Crippen LogP contribution in [0.3, 0.4) is 0 Å². The van der Waals surface area contributed by atoms with Crippen molar-refractivity contribution >= 4 is 5.69 Å². The summed E-state index contributed by atoms with van der Waals surface area (Å²) in [6.07, 6.45) is 3.28. The molecule has 0 radical (unpaired) electrons. The fourth-order valence-corrected chi connectivity index (χ4v) is 3.41. The average Bonchev–Trinajstić information content (AvgIpc) is 2.97. The Morgan fingerprint density at radius 3 is 2.48 bits per heavy atom. The van der Waals surface area contributed by atoms with Gasteiger partial charge >= 0.3 is 0 Å². The number of hydrogen-bond donors (Lipinski definition) is 1. The first kappa shape index (κ1) is 14.8. The topological polar surface area (TPSA) is 27.7 Å². The Hall–Kier alpha value is -1.10. The van der Waals surface area contributed by atoms with Crippen molar-refractivity contribution in [2.75, 3.05) is 51.2 Å². The van der Waals surface area contributed by atoms with Gasteiger partial charge in [0, 0.05) is 45.0 Å². The summed E-state index contributed by atoms with van der Waals surface area (Å²) >= 11 is 0. The first-order valence-corrected chi connectivity index (χ1v) is 8.17. The molecule has 116 valence electrons. The van der Waals surface area contributed by atoms with Crippen molar-refractivity contribution in [3.05, 3.63) is 30.3 Å². The second-order valence-electron chi connectivity index (χ2n) is 6.14. The molecule has 2 fully saturated rings. The predicted octanol–water partition coefficient (Wildman–Crippen LogP) is 1.58. The van der Waals surface area contributed by atoms with E-state index < -0.39 is 0 Å². The van der Waals surface area contributed by atoms with Crippen molar-refractivity contribution < 1.29 is 4.74 Å². The summed E-state index contributed by atoms with van der Waals surface area (Å²) in [7, 11) is 2.00. The lowest BCUT2D eigenvalue weighted by atomic mass is 10.1. The van der Waals surface area contributed by atoms with E-state index in [1.807, 2.05) is 7.05 Å². The van der Waals surface area contributed by atoms with Crippen molar-refractivity contribution in [3.63, 3.8) is 0 Å². The van der Waals surface area contributed by atoms with Crippen molar-refractivity contribution in [1.82, 2.24) is 10.2 Å². The highest BCUT2D eigenvalue weighted by atomic mass is 16.5. The Bertz CT molecular complexity index is 417. The largest absolute Gasteiger partial charge is 0.372 e. The molecule has 2 heterocycles. The minimum absolute atomic E-state index is 0.422. The standard InChI is InChI=1S/C17H27N3O/c1-18-13-16-7-8-17(21-16)14-19-9-11-20(12-10-19)15-5-3-2-4-6-15/h2-6,16-18H,7-14H2,1H3. The molecule has 0 saturated carbocycles.